The second-order valence-electron chi connectivity index (χ2n) is 5.70. The molecule has 0 radical (unpaired) electrons. The van der Waals surface area contributed by atoms with Crippen LogP contribution in [0.15, 0.2) is 84.9 Å². The Balaban J connectivity index is 1.68. The van der Waals surface area contributed by atoms with Gasteiger partial charge in [0.25, 0.3) is 0 Å². The van der Waals surface area contributed by atoms with Crippen LogP contribution in [0.25, 0.3) is 28.1 Å². The number of hydrogen-bond acceptors (Lipinski definition) is 2. The maximum Gasteiger partial charge on any atom is 0.116 e. The Bertz CT molecular complexity index is 940. The van der Waals surface area contributed by atoms with Crippen LogP contribution < -0.4 is 0 Å². The summed E-state index contributed by atoms with van der Waals surface area (Å²) in [5, 5.41) is 9.20. The molecule has 0 unspecified atom stereocenters. The molecule has 0 fully saturated rings. The zero-order valence-electron chi connectivity index (χ0n) is 13.4. The summed E-state index contributed by atoms with van der Waals surface area (Å²) >= 11 is 0. The number of benzene rings is 3. The maximum absolute atomic E-state index is 4.66. The first-order valence-electron chi connectivity index (χ1n) is 7.96. The van der Waals surface area contributed by atoms with Crippen molar-refractivity contribution >= 4 is 0 Å². The molecule has 0 aliphatic rings. The summed E-state index contributed by atoms with van der Waals surface area (Å²) in [6, 6.07) is 28.8. The first-order valence-corrected chi connectivity index (χ1v) is 7.96. The number of hydrogen-bond donors (Lipinski definition) is 0. The van der Waals surface area contributed by atoms with Crippen LogP contribution in [0.3, 0.4) is 0 Å². The van der Waals surface area contributed by atoms with E-state index in [1.54, 1.807) is 4.80 Å². The van der Waals surface area contributed by atoms with Crippen molar-refractivity contribution in [1.29, 1.82) is 0 Å². The zero-order chi connectivity index (χ0) is 16.4. The molecule has 0 aliphatic carbocycles. The minimum absolute atomic E-state index is 0.915. The highest BCUT2D eigenvalue weighted by atomic mass is 15.5. The lowest BCUT2D eigenvalue weighted by Gasteiger charge is -2.03. The Morgan fingerprint density at radius 1 is 0.583 bits per heavy atom. The third kappa shape index (κ3) is 2.72. The third-order valence-corrected chi connectivity index (χ3v) is 4.03. The van der Waals surface area contributed by atoms with E-state index in [9.17, 15) is 0 Å². The van der Waals surface area contributed by atoms with Gasteiger partial charge >= 0.3 is 0 Å². The monoisotopic (exact) mass is 311 g/mol. The summed E-state index contributed by atoms with van der Waals surface area (Å²) in [6.07, 6.45) is 0. The van der Waals surface area contributed by atoms with Gasteiger partial charge in [-0.15, -0.1) is 5.10 Å². The van der Waals surface area contributed by atoms with Gasteiger partial charge < -0.3 is 0 Å². The van der Waals surface area contributed by atoms with Gasteiger partial charge in [-0.1, -0.05) is 72.8 Å². The van der Waals surface area contributed by atoms with E-state index < -0.39 is 0 Å². The molecule has 3 aromatic carbocycles. The van der Waals surface area contributed by atoms with Crippen molar-refractivity contribution in [3.05, 3.63) is 90.6 Å². The fourth-order valence-electron chi connectivity index (χ4n) is 2.77. The highest BCUT2D eigenvalue weighted by molar-refractivity contribution is 5.69. The quantitative estimate of drug-likeness (QED) is 0.538. The SMILES string of the molecule is Cc1nn(-c2ccccc2)nc1-c1ccc(-c2ccccc2)cc1. The van der Waals surface area contributed by atoms with Gasteiger partial charge in [0.1, 0.15) is 5.69 Å². The average Bonchev–Trinajstić information content (AvgIpc) is 3.05. The first-order chi connectivity index (χ1) is 11.8. The summed E-state index contributed by atoms with van der Waals surface area (Å²) in [4.78, 5) is 1.69. The molecule has 4 rings (SSSR count). The molecular weight excluding hydrogens is 294 g/mol. The predicted octanol–water partition coefficient (Wildman–Crippen LogP) is 4.91. The number of nitrogens with zero attached hydrogens (tertiary/aromatic N) is 3. The van der Waals surface area contributed by atoms with Crippen LogP contribution in [0.1, 0.15) is 5.69 Å². The van der Waals surface area contributed by atoms with Crippen LogP contribution in [0.4, 0.5) is 0 Å². The van der Waals surface area contributed by atoms with Gasteiger partial charge in [-0.2, -0.15) is 9.90 Å². The second-order valence-corrected chi connectivity index (χ2v) is 5.70. The smallest absolute Gasteiger partial charge is 0.116 e. The van der Waals surface area contributed by atoms with E-state index in [1.807, 2.05) is 43.3 Å². The molecule has 24 heavy (non-hydrogen) atoms. The first kappa shape index (κ1) is 14.4. The van der Waals surface area contributed by atoms with Crippen molar-refractivity contribution in [3.8, 4) is 28.1 Å². The van der Waals surface area contributed by atoms with Gasteiger partial charge in [-0.05, 0) is 30.2 Å². The van der Waals surface area contributed by atoms with Gasteiger partial charge in [0.15, 0.2) is 0 Å². The molecule has 1 heterocycles. The van der Waals surface area contributed by atoms with E-state index >= 15 is 0 Å². The lowest BCUT2D eigenvalue weighted by Crippen LogP contribution is -1.98. The van der Waals surface area contributed by atoms with Crippen molar-refractivity contribution in [2.75, 3.05) is 0 Å². The van der Waals surface area contributed by atoms with E-state index in [0.717, 1.165) is 22.6 Å². The largest absolute Gasteiger partial charge is 0.153 e. The van der Waals surface area contributed by atoms with Crippen LogP contribution in [0, 0.1) is 6.92 Å². The molecule has 0 aliphatic heterocycles. The Hall–Kier alpha value is -3.20. The molecule has 0 amide bonds. The van der Waals surface area contributed by atoms with Crippen molar-refractivity contribution < 1.29 is 0 Å². The lowest BCUT2D eigenvalue weighted by atomic mass is 10.0. The zero-order valence-corrected chi connectivity index (χ0v) is 13.4. The van der Waals surface area contributed by atoms with Crippen molar-refractivity contribution in [3.63, 3.8) is 0 Å². The molecule has 0 atom stereocenters. The normalized spacial score (nSPS) is 10.7. The molecule has 4 aromatic rings. The van der Waals surface area contributed by atoms with Gasteiger partial charge in [0.2, 0.25) is 0 Å². The van der Waals surface area contributed by atoms with Crippen LogP contribution in [0.2, 0.25) is 0 Å². The number of aromatic nitrogens is 3. The van der Waals surface area contributed by atoms with Gasteiger partial charge in [0, 0.05) is 5.56 Å². The standard InChI is InChI=1S/C21H17N3/c1-16-21(23-24(22-16)20-10-6-3-7-11-20)19-14-12-18(13-15-19)17-8-4-2-5-9-17/h2-15H,1H3. The Kier molecular flexibility index (Phi) is 3.67. The number of rotatable bonds is 3. The molecule has 1 aromatic heterocycles. The summed E-state index contributed by atoms with van der Waals surface area (Å²) in [5.74, 6) is 0. The molecule has 0 saturated carbocycles. The Morgan fingerprint density at radius 3 is 1.79 bits per heavy atom. The third-order valence-electron chi connectivity index (χ3n) is 4.03. The highest BCUT2D eigenvalue weighted by Gasteiger charge is 2.10. The van der Waals surface area contributed by atoms with E-state index in [1.165, 1.54) is 11.1 Å². The molecule has 0 saturated heterocycles. The summed E-state index contributed by atoms with van der Waals surface area (Å²) in [5.41, 5.74) is 6.30. The molecular formula is C21H17N3. The molecule has 0 spiro atoms. The van der Waals surface area contributed by atoms with Crippen LogP contribution in [0.5, 0.6) is 0 Å². The van der Waals surface area contributed by atoms with Gasteiger partial charge in [-0.25, -0.2) is 0 Å². The van der Waals surface area contributed by atoms with Crippen molar-refractivity contribution in [2.45, 2.75) is 6.92 Å². The van der Waals surface area contributed by atoms with Gasteiger partial charge in [0.05, 0.1) is 11.4 Å². The summed E-state index contributed by atoms with van der Waals surface area (Å²) in [7, 11) is 0. The molecule has 0 bridgehead atoms. The van der Waals surface area contributed by atoms with Crippen molar-refractivity contribution in [1.82, 2.24) is 15.0 Å². The molecule has 3 heteroatoms. The minimum atomic E-state index is 0.915. The highest BCUT2D eigenvalue weighted by Crippen LogP contribution is 2.25. The van der Waals surface area contributed by atoms with Crippen LogP contribution >= 0.6 is 0 Å². The lowest BCUT2D eigenvalue weighted by molar-refractivity contribution is 0.747. The van der Waals surface area contributed by atoms with Crippen LogP contribution in [-0.2, 0) is 0 Å². The molecule has 3 nitrogen and oxygen atoms in total. The fraction of sp³-hybridized carbons (Fsp3) is 0.0476. The summed E-state index contributed by atoms with van der Waals surface area (Å²) < 4.78 is 0. The topological polar surface area (TPSA) is 30.7 Å². The number of aryl methyl sites for hydroxylation is 1. The van der Waals surface area contributed by atoms with E-state index in [2.05, 4.69) is 58.7 Å². The Morgan fingerprint density at radius 2 is 1.12 bits per heavy atom. The van der Waals surface area contributed by atoms with Crippen molar-refractivity contribution in [2.24, 2.45) is 0 Å². The minimum Gasteiger partial charge on any atom is -0.153 e. The second kappa shape index (κ2) is 6.13. The maximum atomic E-state index is 4.66. The van der Waals surface area contributed by atoms with Crippen LogP contribution in [-0.4, -0.2) is 15.0 Å². The van der Waals surface area contributed by atoms with E-state index in [0.29, 0.717) is 0 Å². The molecule has 0 N–H and O–H groups in total. The number of para-hydroxylation sites is 1. The fourth-order valence-corrected chi connectivity index (χ4v) is 2.77. The van der Waals surface area contributed by atoms with E-state index in [4.69, 9.17) is 0 Å². The van der Waals surface area contributed by atoms with Gasteiger partial charge in [-0.3, -0.25) is 0 Å². The molecule has 116 valence electrons. The Labute approximate surface area is 141 Å². The van der Waals surface area contributed by atoms with E-state index in [-0.39, 0.29) is 0 Å². The average molecular weight is 311 g/mol. The predicted molar refractivity (Wildman–Crippen MR) is 97.0 cm³/mol. The summed E-state index contributed by atoms with van der Waals surface area (Å²) in [6.45, 7) is 1.99.